The zero-order chi connectivity index (χ0) is 11.0. The number of rotatable bonds is 2. The van der Waals surface area contributed by atoms with Gasteiger partial charge in [-0.05, 0) is 19.9 Å². The van der Waals surface area contributed by atoms with Crippen molar-refractivity contribution >= 4 is 9.84 Å². The summed E-state index contributed by atoms with van der Waals surface area (Å²) in [6, 6.07) is -0.681. The maximum Gasteiger partial charge on any atom is 0.176 e. The molecule has 0 fully saturated rings. The molecule has 0 heterocycles. The summed E-state index contributed by atoms with van der Waals surface area (Å²) >= 11 is 0. The van der Waals surface area contributed by atoms with Crippen molar-refractivity contribution in [3.8, 4) is 0 Å². The van der Waals surface area contributed by atoms with Gasteiger partial charge in [-0.3, -0.25) is 0 Å². The predicted octanol–water partition coefficient (Wildman–Crippen LogP) is -0.0821. The third-order valence-corrected chi connectivity index (χ3v) is 5.06. The summed E-state index contributed by atoms with van der Waals surface area (Å²) in [4.78, 5) is -1.46. The minimum Gasteiger partial charge on any atom is -0.322 e. The molecule has 4 nitrogen and oxygen atoms in total. The molecule has 0 saturated heterocycles. The van der Waals surface area contributed by atoms with Crippen molar-refractivity contribution < 1.29 is 8.42 Å². The van der Waals surface area contributed by atoms with Crippen LogP contribution in [0.5, 0.6) is 0 Å². The normalized spacial score (nSPS) is 32.5. The average Bonchev–Trinajstić information content (AvgIpc) is 2.09. The van der Waals surface area contributed by atoms with Crippen LogP contribution in [-0.2, 0) is 9.84 Å². The summed E-state index contributed by atoms with van der Waals surface area (Å²) in [6.45, 7) is 3.20. The zero-order valence-corrected chi connectivity index (χ0v) is 9.16. The fraction of sp³-hybridized carbons (Fsp3) is 0.556. The largest absolute Gasteiger partial charge is 0.322 e. The molecule has 0 aromatic carbocycles. The van der Waals surface area contributed by atoms with Crippen molar-refractivity contribution in [3.05, 3.63) is 24.3 Å². The highest BCUT2D eigenvalue weighted by Crippen LogP contribution is 2.24. The minimum absolute atomic E-state index is 0.533. The maximum absolute atomic E-state index is 11.9. The zero-order valence-electron chi connectivity index (χ0n) is 8.34. The maximum atomic E-state index is 11.9. The van der Waals surface area contributed by atoms with E-state index in [1.165, 1.54) is 6.08 Å². The van der Waals surface area contributed by atoms with Gasteiger partial charge in [0.15, 0.2) is 14.7 Å². The molecule has 0 bridgehead atoms. The molecule has 4 N–H and O–H groups in total. The van der Waals surface area contributed by atoms with Crippen molar-refractivity contribution in [2.45, 2.75) is 30.0 Å². The summed E-state index contributed by atoms with van der Waals surface area (Å²) in [7, 11) is -3.43. The standard InChI is InChI=1S/C9H16N2O2S/c1-7(2)14(12,13)9(11)6-4-3-5-8(9)10/h3-8H,10-11H2,1-2H3. The second-order valence-corrected chi connectivity index (χ2v) is 6.46. The molecule has 0 amide bonds. The topological polar surface area (TPSA) is 86.2 Å². The first-order valence-electron chi connectivity index (χ1n) is 4.46. The van der Waals surface area contributed by atoms with E-state index in [9.17, 15) is 8.42 Å². The Morgan fingerprint density at radius 2 is 1.93 bits per heavy atom. The molecule has 5 heteroatoms. The Morgan fingerprint density at radius 1 is 1.36 bits per heavy atom. The highest BCUT2D eigenvalue weighted by molar-refractivity contribution is 7.93. The first kappa shape index (κ1) is 11.4. The highest BCUT2D eigenvalue weighted by atomic mass is 32.2. The van der Waals surface area contributed by atoms with Crippen LogP contribution >= 0.6 is 0 Å². The summed E-state index contributed by atoms with van der Waals surface area (Å²) < 4.78 is 23.9. The number of allylic oxidation sites excluding steroid dienone is 2. The number of hydrogen-bond acceptors (Lipinski definition) is 4. The van der Waals surface area contributed by atoms with Crippen LogP contribution in [0.15, 0.2) is 24.3 Å². The van der Waals surface area contributed by atoms with Crippen molar-refractivity contribution in [2.24, 2.45) is 11.5 Å². The molecule has 2 unspecified atom stereocenters. The molecular weight excluding hydrogens is 200 g/mol. The van der Waals surface area contributed by atoms with Crippen molar-refractivity contribution in [1.29, 1.82) is 0 Å². The lowest BCUT2D eigenvalue weighted by atomic mass is 10.0. The van der Waals surface area contributed by atoms with Crippen LogP contribution in [0.1, 0.15) is 13.8 Å². The SMILES string of the molecule is CC(C)S(=O)(=O)C1(N)C=CC=CC1N. The first-order chi connectivity index (χ1) is 6.32. The molecule has 0 aromatic heterocycles. The Bertz CT molecular complexity index is 370. The molecule has 0 radical (unpaired) electrons. The molecule has 80 valence electrons. The Hall–Kier alpha value is -0.650. The second-order valence-electron chi connectivity index (χ2n) is 3.72. The van der Waals surface area contributed by atoms with Crippen LogP contribution < -0.4 is 11.5 Å². The number of nitrogens with two attached hydrogens (primary N) is 2. The lowest BCUT2D eigenvalue weighted by Crippen LogP contribution is -2.61. The van der Waals surface area contributed by atoms with Crippen molar-refractivity contribution in [1.82, 2.24) is 0 Å². The van der Waals surface area contributed by atoms with E-state index < -0.39 is 26.0 Å². The van der Waals surface area contributed by atoms with Gasteiger partial charge in [0.25, 0.3) is 0 Å². The third-order valence-electron chi connectivity index (χ3n) is 2.42. The van der Waals surface area contributed by atoms with Gasteiger partial charge in [-0.2, -0.15) is 0 Å². The average molecular weight is 216 g/mol. The van der Waals surface area contributed by atoms with Crippen LogP contribution in [0.2, 0.25) is 0 Å². The third kappa shape index (κ3) is 1.51. The fourth-order valence-electron chi connectivity index (χ4n) is 1.34. The molecule has 0 aliphatic heterocycles. The van der Waals surface area contributed by atoms with E-state index in [2.05, 4.69) is 0 Å². The first-order valence-corrected chi connectivity index (χ1v) is 6.01. The number of sulfone groups is 1. The molecular formula is C9H16N2O2S. The number of hydrogen-bond donors (Lipinski definition) is 2. The van der Waals surface area contributed by atoms with Gasteiger partial charge in [0.05, 0.1) is 11.3 Å². The second kappa shape index (κ2) is 3.49. The van der Waals surface area contributed by atoms with Gasteiger partial charge in [-0.25, -0.2) is 8.42 Å². The lowest BCUT2D eigenvalue weighted by Gasteiger charge is -2.33. The van der Waals surface area contributed by atoms with E-state index in [1.54, 1.807) is 32.1 Å². The van der Waals surface area contributed by atoms with Crippen LogP contribution in [0.4, 0.5) is 0 Å². The molecule has 1 rings (SSSR count). The molecule has 2 atom stereocenters. The van der Waals surface area contributed by atoms with Gasteiger partial charge in [0.1, 0.15) is 0 Å². The fourth-order valence-corrected chi connectivity index (χ4v) is 2.89. The van der Waals surface area contributed by atoms with Gasteiger partial charge in [0, 0.05) is 0 Å². The summed E-state index contributed by atoms with van der Waals surface area (Å²) in [5, 5.41) is -0.533. The van der Waals surface area contributed by atoms with E-state index >= 15 is 0 Å². The minimum atomic E-state index is -3.43. The van der Waals surface area contributed by atoms with E-state index in [1.807, 2.05) is 0 Å². The van der Waals surface area contributed by atoms with Gasteiger partial charge in [-0.1, -0.05) is 18.2 Å². The molecule has 1 aliphatic rings. The van der Waals surface area contributed by atoms with Crippen LogP contribution in [0, 0.1) is 0 Å². The van der Waals surface area contributed by atoms with E-state index in [0.717, 1.165) is 0 Å². The van der Waals surface area contributed by atoms with Gasteiger partial charge in [0.2, 0.25) is 0 Å². The Morgan fingerprint density at radius 3 is 2.36 bits per heavy atom. The van der Waals surface area contributed by atoms with Gasteiger partial charge < -0.3 is 11.5 Å². The van der Waals surface area contributed by atoms with Gasteiger partial charge >= 0.3 is 0 Å². The summed E-state index contributed by atoms with van der Waals surface area (Å²) in [5.74, 6) is 0. The van der Waals surface area contributed by atoms with E-state index in [0.29, 0.717) is 0 Å². The smallest absolute Gasteiger partial charge is 0.176 e. The summed E-state index contributed by atoms with van der Waals surface area (Å²) in [6.07, 6.45) is 6.36. The van der Waals surface area contributed by atoms with Crippen molar-refractivity contribution in [3.63, 3.8) is 0 Å². The van der Waals surface area contributed by atoms with Gasteiger partial charge in [-0.15, -0.1) is 0 Å². The molecule has 14 heavy (non-hydrogen) atoms. The van der Waals surface area contributed by atoms with Crippen LogP contribution in [0.3, 0.4) is 0 Å². The predicted molar refractivity (Wildman–Crippen MR) is 57.2 cm³/mol. The highest BCUT2D eigenvalue weighted by Gasteiger charge is 2.44. The molecule has 1 aliphatic carbocycles. The molecule has 0 aromatic rings. The van der Waals surface area contributed by atoms with E-state index in [-0.39, 0.29) is 0 Å². The van der Waals surface area contributed by atoms with E-state index in [4.69, 9.17) is 11.5 Å². The van der Waals surface area contributed by atoms with Crippen LogP contribution in [0.25, 0.3) is 0 Å². The molecule has 0 saturated carbocycles. The van der Waals surface area contributed by atoms with Crippen molar-refractivity contribution in [2.75, 3.05) is 0 Å². The summed E-state index contributed by atoms with van der Waals surface area (Å²) in [5.41, 5.74) is 11.5. The lowest BCUT2D eigenvalue weighted by molar-refractivity contribution is 0.524. The monoisotopic (exact) mass is 216 g/mol. The quantitative estimate of drug-likeness (QED) is 0.676. The molecule has 0 spiro atoms. The Labute approximate surface area is 84.6 Å². The Kier molecular flexibility index (Phi) is 2.85. The van der Waals surface area contributed by atoms with Crippen LogP contribution in [-0.4, -0.2) is 24.6 Å². The Balaban J connectivity index is 3.20.